The van der Waals surface area contributed by atoms with Crippen LogP contribution in [0.15, 0.2) is 12.4 Å². The van der Waals surface area contributed by atoms with E-state index in [1.165, 1.54) is 6.92 Å². The summed E-state index contributed by atoms with van der Waals surface area (Å²) in [5, 5.41) is 10.1. The number of nitrogens with one attached hydrogen (secondary N) is 1. The molecule has 0 aromatic rings. The van der Waals surface area contributed by atoms with Crippen LogP contribution in [0.4, 0.5) is 4.39 Å². The molecular formula is C6H8FNO3. The van der Waals surface area contributed by atoms with Gasteiger partial charge in [0, 0.05) is 0 Å². The van der Waals surface area contributed by atoms with Crippen LogP contribution < -0.4 is 5.32 Å². The highest BCUT2D eigenvalue weighted by Crippen LogP contribution is 1.91. The summed E-state index contributed by atoms with van der Waals surface area (Å²) < 4.78 is 11.9. The van der Waals surface area contributed by atoms with Crippen LogP contribution in [0.1, 0.15) is 6.92 Å². The molecule has 62 valence electrons. The van der Waals surface area contributed by atoms with Crippen molar-refractivity contribution in [3.05, 3.63) is 12.4 Å². The second-order valence-electron chi connectivity index (χ2n) is 1.94. The van der Waals surface area contributed by atoms with Crippen LogP contribution in [-0.4, -0.2) is 23.0 Å². The molecule has 2 N–H and O–H groups in total. The van der Waals surface area contributed by atoms with E-state index in [0.717, 1.165) is 0 Å². The zero-order chi connectivity index (χ0) is 9.02. The molecule has 0 saturated carbocycles. The number of rotatable bonds is 3. The quantitative estimate of drug-likeness (QED) is 0.575. The minimum Gasteiger partial charge on any atom is -0.480 e. The molecule has 0 aliphatic heterocycles. The lowest BCUT2D eigenvalue weighted by Crippen LogP contribution is -2.38. The van der Waals surface area contributed by atoms with Gasteiger partial charge < -0.3 is 10.4 Å². The number of hydrogen-bond donors (Lipinski definition) is 2. The molecule has 0 bridgehead atoms. The van der Waals surface area contributed by atoms with Gasteiger partial charge in [-0.25, -0.2) is 4.39 Å². The number of carbonyl (C=O) groups excluding carboxylic acids is 1. The van der Waals surface area contributed by atoms with Crippen molar-refractivity contribution in [3.63, 3.8) is 0 Å². The van der Waals surface area contributed by atoms with Crippen molar-refractivity contribution in [1.82, 2.24) is 5.32 Å². The van der Waals surface area contributed by atoms with Gasteiger partial charge in [0.05, 0.1) is 0 Å². The van der Waals surface area contributed by atoms with Crippen LogP contribution in [0.2, 0.25) is 0 Å². The molecule has 0 fully saturated rings. The van der Waals surface area contributed by atoms with Crippen molar-refractivity contribution in [3.8, 4) is 0 Å². The number of carbonyl (C=O) groups is 2. The molecule has 5 heteroatoms. The molecule has 0 aromatic heterocycles. The molecule has 0 aromatic carbocycles. The summed E-state index contributed by atoms with van der Waals surface area (Å²) in [6.45, 7) is 3.92. The Hall–Kier alpha value is -1.39. The molecule has 0 aliphatic carbocycles. The number of aliphatic carboxylic acids is 1. The Balaban J connectivity index is 3.95. The maximum absolute atomic E-state index is 11.9. The van der Waals surface area contributed by atoms with E-state index >= 15 is 0 Å². The first-order valence-electron chi connectivity index (χ1n) is 2.83. The Bertz CT molecular complexity index is 202. The van der Waals surface area contributed by atoms with Crippen molar-refractivity contribution in [1.29, 1.82) is 0 Å². The van der Waals surface area contributed by atoms with E-state index in [1.807, 2.05) is 5.32 Å². The van der Waals surface area contributed by atoms with Gasteiger partial charge in [-0.2, -0.15) is 0 Å². The lowest BCUT2D eigenvalue weighted by Gasteiger charge is -2.06. The number of hydrogen-bond acceptors (Lipinski definition) is 2. The fraction of sp³-hybridized carbons (Fsp3) is 0.333. The fourth-order valence-corrected chi connectivity index (χ4v) is 0.337. The minimum absolute atomic E-state index is 1.10. The van der Waals surface area contributed by atoms with Gasteiger partial charge in [-0.3, -0.25) is 9.59 Å². The zero-order valence-corrected chi connectivity index (χ0v) is 5.93. The largest absolute Gasteiger partial charge is 0.480 e. The summed E-state index contributed by atoms with van der Waals surface area (Å²) in [4.78, 5) is 20.5. The molecule has 4 nitrogen and oxygen atoms in total. The van der Waals surface area contributed by atoms with Crippen LogP contribution >= 0.6 is 0 Å². The first-order chi connectivity index (χ1) is 4.95. The van der Waals surface area contributed by atoms with Gasteiger partial charge in [-0.05, 0) is 6.92 Å². The Morgan fingerprint density at radius 1 is 1.64 bits per heavy atom. The smallest absolute Gasteiger partial charge is 0.325 e. The second-order valence-corrected chi connectivity index (χ2v) is 1.94. The van der Waals surface area contributed by atoms with Gasteiger partial charge in [0.1, 0.15) is 6.04 Å². The second kappa shape index (κ2) is 3.70. The van der Waals surface area contributed by atoms with Crippen LogP contribution in [0.25, 0.3) is 0 Å². The Kier molecular flexibility index (Phi) is 3.23. The van der Waals surface area contributed by atoms with E-state index in [0.29, 0.717) is 0 Å². The van der Waals surface area contributed by atoms with Crippen LogP contribution in [0, 0.1) is 0 Å². The molecule has 0 radical (unpaired) electrons. The standard InChI is InChI=1S/C6H8FNO3/c1-3(7)5(9)8-4(2)6(10)11/h4H,1H2,2H3,(H,8,9)(H,10,11)/t4-/m0/s1. The van der Waals surface area contributed by atoms with Crippen molar-refractivity contribution < 1.29 is 19.1 Å². The van der Waals surface area contributed by atoms with Crippen LogP contribution in [0.3, 0.4) is 0 Å². The monoisotopic (exact) mass is 161 g/mol. The van der Waals surface area contributed by atoms with Gasteiger partial charge in [0.2, 0.25) is 0 Å². The highest BCUT2D eigenvalue weighted by molar-refractivity contribution is 5.93. The zero-order valence-electron chi connectivity index (χ0n) is 5.93. The average molecular weight is 161 g/mol. The van der Waals surface area contributed by atoms with E-state index in [9.17, 15) is 14.0 Å². The van der Waals surface area contributed by atoms with Crippen molar-refractivity contribution >= 4 is 11.9 Å². The van der Waals surface area contributed by atoms with Gasteiger partial charge >= 0.3 is 5.97 Å². The van der Waals surface area contributed by atoms with Gasteiger partial charge in [0.25, 0.3) is 5.91 Å². The Morgan fingerprint density at radius 2 is 2.09 bits per heavy atom. The third-order valence-corrected chi connectivity index (χ3v) is 0.964. The molecule has 0 aliphatic rings. The number of halogens is 1. The third kappa shape index (κ3) is 3.34. The SMILES string of the molecule is C=C(F)C(=O)N[C@@H](C)C(=O)O. The Labute approximate surface area is 62.7 Å². The highest BCUT2D eigenvalue weighted by atomic mass is 19.1. The predicted molar refractivity (Wildman–Crippen MR) is 35.5 cm³/mol. The summed E-state index contributed by atoms with van der Waals surface area (Å²) in [5.41, 5.74) is 0. The number of carboxylic acids is 1. The van der Waals surface area contributed by atoms with Crippen molar-refractivity contribution in [2.75, 3.05) is 0 Å². The molecule has 11 heavy (non-hydrogen) atoms. The summed E-state index contributed by atoms with van der Waals surface area (Å²) in [5.74, 6) is -3.52. The molecule has 0 unspecified atom stereocenters. The minimum atomic E-state index is -1.22. The van der Waals surface area contributed by atoms with E-state index in [-0.39, 0.29) is 0 Å². The predicted octanol–water partition coefficient (Wildman–Crippen LogP) is 0.0589. The molecular weight excluding hydrogens is 153 g/mol. The van der Waals surface area contributed by atoms with Gasteiger partial charge in [-0.15, -0.1) is 0 Å². The highest BCUT2D eigenvalue weighted by Gasteiger charge is 2.15. The topological polar surface area (TPSA) is 66.4 Å². The third-order valence-electron chi connectivity index (χ3n) is 0.964. The lowest BCUT2D eigenvalue weighted by atomic mass is 10.3. The van der Waals surface area contributed by atoms with E-state index < -0.39 is 23.7 Å². The number of carboxylic acid groups (broad SMARTS) is 1. The lowest BCUT2D eigenvalue weighted by molar-refractivity contribution is -0.140. The van der Waals surface area contributed by atoms with Crippen molar-refractivity contribution in [2.45, 2.75) is 13.0 Å². The molecule has 1 amide bonds. The van der Waals surface area contributed by atoms with Crippen molar-refractivity contribution in [2.24, 2.45) is 0 Å². The average Bonchev–Trinajstić information content (AvgIpc) is 1.87. The van der Waals surface area contributed by atoms with E-state index in [4.69, 9.17) is 5.11 Å². The summed E-state index contributed by atoms with van der Waals surface area (Å²) >= 11 is 0. The maximum atomic E-state index is 11.9. The Morgan fingerprint density at radius 3 is 2.36 bits per heavy atom. The first kappa shape index (κ1) is 9.61. The van der Waals surface area contributed by atoms with E-state index in [2.05, 4.69) is 6.58 Å². The van der Waals surface area contributed by atoms with Gasteiger partial charge in [0.15, 0.2) is 5.83 Å². The van der Waals surface area contributed by atoms with Crippen LogP contribution in [-0.2, 0) is 9.59 Å². The molecule has 0 spiro atoms. The fourth-order valence-electron chi connectivity index (χ4n) is 0.337. The number of amides is 1. The molecule has 1 atom stereocenters. The summed E-state index contributed by atoms with van der Waals surface area (Å²) in [7, 11) is 0. The van der Waals surface area contributed by atoms with Crippen LogP contribution in [0.5, 0.6) is 0 Å². The first-order valence-corrected chi connectivity index (χ1v) is 2.83. The normalized spacial score (nSPS) is 11.8. The van der Waals surface area contributed by atoms with Gasteiger partial charge in [-0.1, -0.05) is 6.58 Å². The summed E-state index contributed by atoms with van der Waals surface area (Å²) in [6, 6.07) is -1.10. The maximum Gasteiger partial charge on any atom is 0.325 e. The molecule has 0 heterocycles. The molecule has 0 saturated heterocycles. The molecule has 0 rings (SSSR count). The summed E-state index contributed by atoms with van der Waals surface area (Å²) in [6.07, 6.45) is 0. The van der Waals surface area contributed by atoms with E-state index in [1.54, 1.807) is 0 Å².